The van der Waals surface area contributed by atoms with E-state index in [1.165, 1.54) is 6.20 Å². The van der Waals surface area contributed by atoms with Crippen molar-refractivity contribution in [2.24, 2.45) is 0 Å². The summed E-state index contributed by atoms with van der Waals surface area (Å²) < 4.78 is 3.39. The van der Waals surface area contributed by atoms with Gasteiger partial charge >= 0.3 is 0 Å². The van der Waals surface area contributed by atoms with Gasteiger partial charge in [-0.2, -0.15) is 9.61 Å². The molecule has 3 heterocycles. The first-order valence-electron chi connectivity index (χ1n) is 10.9. The number of fused-ring (bicyclic) bond motifs is 1. The van der Waals surface area contributed by atoms with Crippen molar-refractivity contribution in [3.8, 4) is 0 Å². The molecule has 10 heteroatoms. The minimum absolute atomic E-state index is 0.0636. The summed E-state index contributed by atoms with van der Waals surface area (Å²) in [6.45, 7) is 0. The van der Waals surface area contributed by atoms with E-state index >= 15 is 0 Å². The normalized spacial score (nSPS) is 15.8. The molecule has 0 atom stereocenters. The van der Waals surface area contributed by atoms with Crippen LogP contribution in [0.15, 0.2) is 35.4 Å². The van der Waals surface area contributed by atoms with Crippen LogP contribution in [0.3, 0.4) is 0 Å². The van der Waals surface area contributed by atoms with Crippen molar-refractivity contribution in [1.82, 2.24) is 24.5 Å². The number of aromatic nitrogens is 4. The Kier molecular flexibility index (Phi) is 6.40. The predicted octanol–water partition coefficient (Wildman–Crippen LogP) is 2.29. The highest BCUT2D eigenvalue weighted by Gasteiger charge is 2.24. The van der Waals surface area contributed by atoms with Crippen molar-refractivity contribution in [2.45, 2.75) is 50.6 Å². The number of aliphatic hydroxyl groups is 1. The van der Waals surface area contributed by atoms with Crippen molar-refractivity contribution in [1.29, 1.82) is 0 Å². The molecule has 0 aliphatic heterocycles. The second-order valence-corrected chi connectivity index (χ2v) is 8.02. The molecule has 5 rings (SSSR count). The highest BCUT2D eigenvalue weighted by atomic mass is 16.2. The van der Waals surface area contributed by atoms with Crippen LogP contribution in [0.5, 0.6) is 0 Å². The lowest BCUT2D eigenvalue weighted by atomic mass is 9.93. The quantitative estimate of drug-likeness (QED) is 0.464. The summed E-state index contributed by atoms with van der Waals surface area (Å²) in [5.74, 6) is 0.974. The summed E-state index contributed by atoms with van der Waals surface area (Å²) >= 11 is 0. The van der Waals surface area contributed by atoms with Crippen LogP contribution < -0.4 is 21.5 Å². The molecule has 3 aromatic heterocycles. The number of carbonyl (C=O) groups is 1. The number of nitrogens with one attached hydrogen (secondary N) is 3. The lowest BCUT2D eigenvalue weighted by Crippen LogP contribution is -2.39. The fraction of sp³-hybridized carbons (Fsp3) is 0.455. The molecule has 0 spiro atoms. The summed E-state index contributed by atoms with van der Waals surface area (Å²) in [7, 11) is 2.78. The number of anilines is 3. The van der Waals surface area contributed by atoms with Gasteiger partial charge in [0.25, 0.3) is 11.5 Å². The third kappa shape index (κ3) is 4.05. The summed E-state index contributed by atoms with van der Waals surface area (Å²) in [5.41, 5.74) is 1.26. The van der Waals surface area contributed by atoms with E-state index in [0.29, 0.717) is 28.5 Å². The third-order valence-electron chi connectivity index (χ3n) is 6.12. The summed E-state index contributed by atoms with van der Waals surface area (Å²) in [6.07, 6.45) is 9.76. The standard InChI is InChI=1S/C21H25N7O2.CH4O/c1-22-18-11-17(25-16-9-4-10-27(21(16)30)14-7-3-8-14)26-19-15(12-23-28(18)19)20(29)24-13-5-2-6-13;1-2/h4,9-14,22H,2-3,5-8H2,1H3,(H,24,29)(H,25,26);2H,1H3. The molecule has 4 N–H and O–H groups in total. The Morgan fingerprint density at radius 2 is 1.94 bits per heavy atom. The van der Waals surface area contributed by atoms with Crippen molar-refractivity contribution >= 4 is 28.9 Å². The Bertz CT molecular complexity index is 1160. The van der Waals surface area contributed by atoms with E-state index in [-0.39, 0.29) is 23.6 Å². The van der Waals surface area contributed by atoms with Crippen LogP contribution in [0.2, 0.25) is 0 Å². The summed E-state index contributed by atoms with van der Waals surface area (Å²) in [5, 5.41) is 20.6. The van der Waals surface area contributed by atoms with E-state index in [4.69, 9.17) is 5.11 Å². The Labute approximate surface area is 185 Å². The van der Waals surface area contributed by atoms with E-state index in [2.05, 4.69) is 26.0 Å². The zero-order valence-corrected chi connectivity index (χ0v) is 18.3. The van der Waals surface area contributed by atoms with Crippen molar-refractivity contribution in [2.75, 3.05) is 24.8 Å². The van der Waals surface area contributed by atoms with Crippen molar-refractivity contribution in [3.63, 3.8) is 0 Å². The van der Waals surface area contributed by atoms with Gasteiger partial charge in [-0.25, -0.2) is 4.98 Å². The fourth-order valence-electron chi connectivity index (χ4n) is 3.88. The fourth-order valence-corrected chi connectivity index (χ4v) is 3.88. The SMILES string of the molecule is CNc1cc(Nc2cccn(C3CCC3)c2=O)nc2c(C(=O)NC3CCC3)cnn12.CO. The van der Waals surface area contributed by atoms with Crippen LogP contribution in [0.4, 0.5) is 17.3 Å². The Morgan fingerprint density at radius 3 is 2.56 bits per heavy atom. The largest absolute Gasteiger partial charge is 0.400 e. The van der Waals surface area contributed by atoms with Gasteiger partial charge in [-0.15, -0.1) is 0 Å². The second-order valence-electron chi connectivity index (χ2n) is 8.02. The molecule has 2 aliphatic rings. The minimum Gasteiger partial charge on any atom is -0.400 e. The smallest absolute Gasteiger partial charge is 0.274 e. The number of rotatable bonds is 6. The number of carbonyl (C=O) groups excluding carboxylic acids is 1. The molecule has 32 heavy (non-hydrogen) atoms. The Morgan fingerprint density at radius 1 is 1.19 bits per heavy atom. The van der Waals surface area contributed by atoms with Crippen LogP contribution in [-0.4, -0.2) is 50.4 Å². The second kappa shape index (κ2) is 9.39. The third-order valence-corrected chi connectivity index (χ3v) is 6.12. The molecule has 2 saturated carbocycles. The predicted molar refractivity (Wildman–Crippen MR) is 123 cm³/mol. The van der Waals surface area contributed by atoms with E-state index in [0.717, 1.165) is 45.6 Å². The molecule has 10 nitrogen and oxygen atoms in total. The van der Waals surface area contributed by atoms with Gasteiger partial charge < -0.3 is 25.6 Å². The first-order chi connectivity index (χ1) is 15.6. The molecule has 2 aliphatic carbocycles. The Hall–Kier alpha value is -3.40. The van der Waals surface area contributed by atoms with Gasteiger partial charge in [0.1, 0.15) is 22.9 Å². The maximum Gasteiger partial charge on any atom is 0.274 e. The van der Waals surface area contributed by atoms with Gasteiger partial charge in [0, 0.05) is 38.5 Å². The average Bonchev–Trinajstić information content (AvgIpc) is 3.17. The van der Waals surface area contributed by atoms with Gasteiger partial charge in [0.15, 0.2) is 5.65 Å². The van der Waals surface area contributed by atoms with Crippen LogP contribution in [0.1, 0.15) is 54.9 Å². The molecule has 170 valence electrons. The first-order valence-corrected chi connectivity index (χ1v) is 10.9. The molecular weight excluding hydrogens is 410 g/mol. The van der Waals surface area contributed by atoms with Crippen LogP contribution in [0, 0.1) is 0 Å². The summed E-state index contributed by atoms with van der Waals surface area (Å²) in [4.78, 5) is 30.2. The zero-order valence-electron chi connectivity index (χ0n) is 18.3. The molecule has 1 amide bonds. The molecule has 0 bridgehead atoms. The van der Waals surface area contributed by atoms with Crippen molar-refractivity contribution in [3.05, 3.63) is 46.5 Å². The highest BCUT2D eigenvalue weighted by Crippen LogP contribution is 2.30. The molecule has 0 radical (unpaired) electrons. The van der Waals surface area contributed by atoms with E-state index in [1.807, 2.05) is 12.3 Å². The number of aliphatic hydroxyl groups excluding tert-OH is 1. The number of nitrogens with zero attached hydrogens (tertiary/aromatic N) is 4. The van der Waals surface area contributed by atoms with Crippen LogP contribution >= 0.6 is 0 Å². The molecule has 3 aromatic rings. The lowest BCUT2D eigenvalue weighted by molar-refractivity contribution is 0.0918. The number of amides is 1. The molecule has 2 fully saturated rings. The minimum atomic E-state index is -0.173. The number of hydrogen-bond donors (Lipinski definition) is 4. The molecular formula is C22H29N7O3. The van der Waals surface area contributed by atoms with Crippen LogP contribution in [0.25, 0.3) is 5.65 Å². The topological polar surface area (TPSA) is 126 Å². The van der Waals surface area contributed by atoms with E-state index in [1.54, 1.807) is 28.3 Å². The van der Waals surface area contributed by atoms with E-state index < -0.39 is 0 Å². The highest BCUT2D eigenvalue weighted by molar-refractivity contribution is 6.00. The molecule has 0 saturated heterocycles. The first kappa shape index (κ1) is 21.8. The van der Waals surface area contributed by atoms with Crippen LogP contribution in [-0.2, 0) is 0 Å². The Balaban J connectivity index is 0.00000119. The maximum atomic E-state index is 12.9. The maximum absolute atomic E-state index is 12.9. The van der Waals surface area contributed by atoms with Gasteiger partial charge in [-0.05, 0) is 50.7 Å². The number of pyridine rings is 1. The molecule has 0 aromatic carbocycles. The van der Waals surface area contributed by atoms with Crippen molar-refractivity contribution < 1.29 is 9.90 Å². The van der Waals surface area contributed by atoms with Gasteiger partial charge in [-0.3, -0.25) is 9.59 Å². The zero-order chi connectivity index (χ0) is 22.7. The molecule has 0 unspecified atom stereocenters. The number of hydrogen-bond acceptors (Lipinski definition) is 7. The monoisotopic (exact) mass is 439 g/mol. The average molecular weight is 440 g/mol. The lowest BCUT2D eigenvalue weighted by Gasteiger charge is -2.27. The van der Waals surface area contributed by atoms with Gasteiger partial charge in [0.05, 0.1) is 6.20 Å². The van der Waals surface area contributed by atoms with Gasteiger partial charge in [-0.1, -0.05) is 0 Å². The van der Waals surface area contributed by atoms with Gasteiger partial charge in [0.2, 0.25) is 0 Å². The van der Waals surface area contributed by atoms with E-state index in [9.17, 15) is 9.59 Å². The summed E-state index contributed by atoms with van der Waals surface area (Å²) in [6, 6.07) is 5.90.